The third-order valence-corrected chi connectivity index (χ3v) is 4.77. The molecule has 0 bridgehead atoms. The van der Waals surface area contributed by atoms with Crippen LogP contribution in [0.3, 0.4) is 0 Å². The van der Waals surface area contributed by atoms with E-state index in [1.807, 2.05) is 20.8 Å². The summed E-state index contributed by atoms with van der Waals surface area (Å²) in [7, 11) is 0. The SMILES string of the molecule is CCCCCCCCC(CC1COC1)C(OCC)(OCC)OCC. The van der Waals surface area contributed by atoms with Crippen LogP contribution < -0.4 is 0 Å². The topological polar surface area (TPSA) is 36.9 Å². The first-order chi connectivity index (χ1) is 11.7. The van der Waals surface area contributed by atoms with E-state index in [-0.39, 0.29) is 5.92 Å². The molecule has 0 N–H and O–H groups in total. The number of hydrogen-bond acceptors (Lipinski definition) is 4. The fourth-order valence-electron chi connectivity index (χ4n) is 3.52. The molecule has 0 radical (unpaired) electrons. The van der Waals surface area contributed by atoms with Crippen LogP contribution in [0.4, 0.5) is 0 Å². The number of hydrogen-bond donors (Lipinski definition) is 0. The van der Waals surface area contributed by atoms with Gasteiger partial charge in [0.05, 0.1) is 13.2 Å². The van der Waals surface area contributed by atoms with Gasteiger partial charge in [-0.05, 0) is 33.6 Å². The summed E-state index contributed by atoms with van der Waals surface area (Å²) in [5.41, 5.74) is 0. The van der Waals surface area contributed by atoms with Gasteiger partial charge in [-0.1, -0.05) is 45.4 Å². The average Bonchev–Trinajstić information content (AvgIpc) is 2.52. The molecule has 1 fully saturated rings. The van der Waals surface area contributed by atoms with Gasteiger partial charge in [0, 0.05) is 31.7 Å². The van der Waals surface area contributed by atoms with E-state index in [1.165, 1.54) is 38.5 Å². The standard InChI is InChI=1S/C20H40O4/c1-5-9-10-11-12-13-14-19(15-18-16-21-17-18)20(22-6-2,23-7-3)24-8-4/h18-19H,5-17H2,1-4H3. The van der Waals surface area contributed by atoms with Gasteiger partial charge in [-0.25, -0.2) is 0 Å². The molecule has 0 saturated carbocycles. The molecule has 0 aromatic carbocycles. The lowest BCUT2D eigenvalue weighted by atomic mass is 9.87. The zero-order valence-electron chi connectivity index (χ0n) is 16.5. The molecule has 0 spiro atoms. The van der Waals surface area contributed by atoms with E-state index in [9.17, 15) is 0 Å². The van der Waals surface area contributed by atoms with Crippen molar-refractivity contribution in [2.24, 2.45) is 11.8 Å². The van der Waals surface area contributed by atoms with E-state index in [0.29, 0.717) is 25.7 Å². The van der Waals surface area contributed by atoms with Crippen molar-refractivity contribution >= 4 is 0 Å². The number of unbranched alkanes of at least 4 members (excludes halogenated alkanes) is 5. The zero-order chi connectivity index (χ0) is 17.7. The first kappa shape index (κ1) is 21.9. The van der Waals surface area contributed by atoms with Crippen LogP contribution in [0, 0.1) is 11.8 Å². The van der Waals surface area contributed by atoms with Crippen LogP contribution in [0.2, 0.25) is 0 Å². The minimum absolute atomic E-state index is 0.275. The van der Waals surface area contributed by atoms with E-state index in [2.05, 4.69) is 6.92 Å². The predicted molar refractivity (Wildman–Crippen MR) is 98.0 cm³/mol. The van der Waals surface area contributed by atoms with Crippen LogP contribution in [0.1, 0.15) is 79.1 Å². The summed E-state index contributed by atoms with van der Waals surface area (Å²) in [6, 6.07) is 0. The minimum atomic E-state index is -0.878. The molecule has 24 heavy (non-hydrogen) atoms. The first-order valence-corrected chi connectivity index (χ1v) is 10.2. The largest absolute Gasteiger partial charge is 0.381 e. The molecular formula is C20H40O4. The summed E-state index contributed by atoms with van der Waals surface area (Å²) < 4.78 is 23.5. The van der Waals surface area contributed by atoms with Crippen molar-refractivity contribution in [3.05, 3.63) is 0 Å². The Kier molecular flexibility index (Phi) is 11.9. The highest BCUT2D eigenvalue weighted by molar-refractivity contribution is 4.78. The van der Waals surface area contributed by atoms with Crippen LogP contribution >= 0.6 is 0 Å². The van der Waals surface area contributed by atoms with Crippen molar-refractivity contribution in [3.8, 4) is 0 Å². The molecule has 144 valence electrons. The van der Waals surface area contributed by atoms with Crippen molar-refractivity contribution in [1.82, 2.24) is 0 Å². The molecule has 4 nitrogen and oxygen atoms in total. The van der Waals surface area contributed by atoms with Gasteiger partial charge >= 0.3 is 0 Å². The molecule has 0 amide bonds. The fourth-order valence-corrected chi connectivity index (χ4v) is 3.52. The molecule has 0 aliphatic carbocycles. The summed E-state index contributed by atoms with van der Waals surface area (Å²) in [6.45, 7) is 11.9. The maximum absolute atomic E-state index is 6.05. The Bertz CT molecular complexity index is 274. The van der Waals surface area contributed by atoms with Crippen molar-refractivity contribution in [3.63, 3.8) is 0 Å². The molecule has 1 atom stereocenters. The molecule has 1 aliphatic heterocycles. The quantitative estimate of drug-likeness (QED) is 0.286. The Morgan fingerprint density at radius 2 is 1.38 bits per heavy atom. The van der Waals surface area contributed by atoms with Gasteiger partial charge in [0.25, 0.3) is 5.97 Å². The van der Waals surface area contributed by atoms with Crippen molar-refractivity contribution in [2.45, 2.75) is 85.0 Å². The molecule has 1 unspecified atom stereocenters. The average molecular weight is 345 g/mol. The Morgan fingerprint density at radius 3 is 1.83 bits per heavy atom. The van der Waals surface area contributed by atoms with Crippen molar-refractivity contribution in [1.29, 1.82) is 0 Å². The Hall–Kier alpha value is -0.160. The van der Waals surface area contributed by atoms with Gasteiger partial charge in [0.15, 0.2) is 0 Å². The van der Waals surface area contributed by atoms with Gasteiger partial charge in [-0.15, -0.1) is 0 Å². The van der Waals surface area contributed by atoms with Gasteiger partial charge in [-0.3, -0.25) is 0 Å². The highest BCUT2D eigenvalue weighted by Crippen LogP contribution is 2.36. The van der Waals surface area contributed by atoms with Gasteiger partial charge in [0.2, 0.25) is 0 Å². The van der Waals surface area contributed by atoms with Crippen molar-refractivity contribution in [2.75, 3.05) is 33.0 Å². The summed E-state index contributed by atoms with van der Waals surface area (Å²) in [5, 5.41) is 0. The van der Waals surface area contributed by atoms with Crippen LogP contribution in [-0.2, 0) is 18.9 Å². The maximum atomic E-state index is 6.05. The predicted octanol–water partition coefficient (Wildman–Crippen LogP) is 5.15. The molecule has 1 rings (SSSR count). The highest BCUT2D eigenvalue weighted by atomic mass is 16.9. The molecule has 0 aromatic heterocycles. The fraction of sp³-hybridized carbons (Fsp3) is 1.00. The molecule has 1 aliphatic rings. The molecular weight excluding hydrogens is 304 g/mol. The highest BCUT2D eigenvalue weighted by Gasteiger charge is 2.43. The smallest absolute Gasteiger partial charge is 0.285 e. The van der Waals surface area contributed by atoms with Gasteiger partial charge in [-0.2, -0.15) is 0 Å². The van der Waals surface area contributed by atoms with E-state index in [4.69, 9.17) is 18.9 Å². The summed E-state index contributed by atoms with van der Waals surface area (Å²) in [5.74, 6) is 0.0188. The van der Waals surface area contributed by atoms with E-state index >= 15 is 0 Å². The Morgan fingerprint density at radius 1 is 0.833 bits per heavy atom. The normalized spacial score (nSPS) is 17.0. The lowest BCUT2D eigenvalue weighted by molar-refractivity contribution is -0.405. The first-order valence-electron chi connectivity index (χ1n) is 10.2. The van der Waals surface area contributed by atoms with Crippen LogP contribution in [-0.4, -0.2) is 39.0 Å². The molecule has 1 saturated heterocycles. The second-order valence-corrected chi connectivity index (χ2v) is 6.80. The third-order valence-electron chi connectivity index (χ3n) is 4.77. The number of ether oxygens (including phenoxy) is 4. The van der Waals surface area contributed by atoms with E-state index in [0.717, 1.165) is 26.1 Å². The summed E-state index contributed by atoms with van der Waals surface area (Å²) in [4.78, 5) is 0. The van der Waals surface area contributed by atoms with Crippen LogP contribution in [0.5, 0.6) is 0 Å². The number of rotatable bonds is 16. The third kappa shape index (κ3) is 7.38. The minimum Gasteiger partial charge on any atom is -0.381 e. The monoisotopic (exact) mass is 344 g/mol. The van der Waals surface area contributed by atoms with E-state index in [1.54, 1.807) is 0 Å². The van der Waals surface area contributed by atoms with Gasteiger partial charge < -0.3 is 18.9 Å². The second-order valence-electron chi connectivity index (χ2n) is 6.80. The molecule has 1 heterocycles. The molecule has 4 heteroatoms. The lowest BCUT2D eigenvalue weighted by Crippen LogP contribution is -2.48. The summed E-state index contributed by atoms with van der Waals surface area (Å²) >= 11 is 0. The van der Waals surface area contributed by atoms with Crippen molar-refractivity contribution < 1.29 is 18.9 Å². The maximum Gasteiger partial charge on any atom is 0.285 e. The van der Waals surface area contributed by atoms with Crippen LogP contribution in [0.25, 0.3) is 0 Å². The van der Waals surface area contributed by atoms with Gasteiger partial charge in [0.1, 0.15) is 0 Å². The molecule has 0 aromatic rings. The summed E-state index contributed by atoms with van der Waals surface area (Å²) in [6.07, 6.45) is 10.0. The Balaban J connectivity index is 2.63. The zero-order valence-corrected chi connectivity index (χ0v) is 16.5. The van der Waals surface area contributed by atoms with Crippen LogP contribution in [0.15, 0.2) is 0 Å². The Labute approximate surface area is 149 Å². The second kappa shape index (κ2) is 13.1. The lowest BCUT2D eigenvalue weighted by Gasteiger charge is -2.41. The van der Waals surface area contributed by atoms with E-state index < -0.39 is 5.97 Å².